The fourth-order valence-corrected chi connectivity index (χ4v) is 1.94. The van der Waals surface area contributed by atoms with Gasteiger partial charge in [-0.05, 0) is 13.8 Å². The van der Waals surface area contributed by atoms with Gasteiger partial charge in [-0.3, -0.25) is 4.55 Å². The molecule has 10 heavy (non-hydrogen) atoms. The lowest BCUT2D eigenvalue weighted by atomic mass is 10.3. The van der Waals surface area contributed by atoms with Crippen LogP contribution in [-0.4, -0.2) is 23.4 Å². The summed E-state index contributed by atoms with van der Waals surface area (Å²) in [6.07, 6.45) is -0.112. The zero-order valence-electron chi connectivity index (χ0n) is 5.76. The first-order chi connectivity index (χ1) is 4.21. The van der Waals surface area contributed by atoms with Gasteiger partial charge in [-0.15, -0.1) is 0 Å². The Morgan fingerprint density at radius 3 is 1.80 bits per heavy atom. The summed E-state index contributed by atoms with van der Waals surface area (Å²) < 4.78 is 40.6. The summed E-state index contributed by atoms with van der Waals surface area (Å²) in [4.78, 5) is 0. The molecule has 2 atom stereocenters. The van der Waals surface area contributed by atoms with E-state index in [9.17, 15) is 12.8 Å². The largest absolute Gasteiger partial charge is 0.285 e. The van der Waals surface area contributed by atoms with Crippen molar-refractivity contribution in [3.8, 4) is 0 Å². The van der Waals surface area contributed by atoms with Crippen molar-refractivity contribution in [3.05, 3.63) is 0 Å². The van der Waals surface area contributed by atoms with Crippen LogP contribution in [0.25, 0.3) is 0 Å². The van der Waals surface area contributed by atoms with Crippen LogP contribution in [0.1, 0.15) is 20.3 Å². The van der Waals surface area contributed by atoms with Crippen molar-refractivity contribution >= 4 is 10.1 Å². The molecular formula is C5H9FO3S. The lowest BCUT2D eigenvalue weighted by Crippen LogP contribution is -2.26. The topological polar surface area (TPSA) is 54.4 Å². The molecule has 1 aliphatic rings. The number of rotatable bonds is 1. The van der Waals surface area contributed by atoms with Crippen molar-refractivity contribution < 1.29 is 17.4 Å². The Morgan fingerprint density at radius 2 is 1.80 bits per heavy atom. The summed E-state index contributed by atoms with van der Waals surface area (Å²) in [7, 11) is -4.21. The molecule has 1 rings (SSSR count). The van der Waals surface area contributed by atoms with Gasteiger partial charge in [-0.2, -0.15) is 8.42 Å². The van der Waals surface area contributed by atoms with Crippen LogP contribution in [-0.2, 0) is 10.1 Å². The molecule has 0 saturated heterocycles. The average molecular weight is 168 g/mol. The third-order valence-corrected chi connectivity index (χ3v) is 3.92. The van der Waals surface area contributed by atoms with Crippen LogP contribution in [0.15, 0.2) is 0 Å². The molecule has 3 nitrogen and oxygen atoms in total. The fraction of sp³-hybridized carbons (Fsp3) is 1.00. The second-order valence-corrected chi connectivity index (χ2v) is 4.93. The highest BCUT2D eigenvalue weighted by molar-refractivity contribution is 7.87. The van der Waals surface area contributed by atoms with Gasteiger partial charge in [0.1, 0.15) is 10.4 Å². The van der Waals surface area contributed by atoms with E-state index in [0.717, 1.165) is 0 Å². The minimum Gasteiger partial charge on any atom is -0.285 e. The smallest absolute Gasteiger partial charge is 0.273 e. The molecule has 1 N–H and O–H groups in total. The lowest BCUT2D eigenvalue weighted by Gasteiger charge is -2.06. The van der Waals surface area contributed by atoms with Gasteiger partial charge < -0.3 is 0 Å². The Kier molecular flexibility index (Phi) is 1.22. The molecule has 1 fully saturated rings. The molecular weight excluding hydrogens is 159 g/mol. The van der Waals surface area contributed by atoms with Crippen molar-refractivity contribution in [1.29, 1.82) is 0 Å². The Bertz CT molecular complexity index is 256. The quantitative estimate of drug-likeness (QED) is 0.588. The van der Waals surface area contributed by atoms with Gasteiger partial charge in [0.15, 0.2) is 0 Å². The van der Waals surface area contributed by atoms with E-state index in [0.29, 0.717) is 0 Å². The van der Waals surface area contributed by atoms with Crippen LogP contribution in [0.4, 0.5) is 4.39 Å². The predicted molar refractivity (Wildman–Crippen MR) is 34.1 cm³/mol. The van der Waals surface area contributed by atoms with E-state index >= 15 is 0 Å². The van der Waals surface area contributed by atoms with Crippen LogP contribution >= 0.6 is 0 Å². The lowest BCUT2D eigenvalue weighted by molar-refractivity contribution is 0.313. The maximum Gasteiger partial charge on any atom is 0.273 e. The first kappa shape index (κ1) is 7.94. The van der Waals surface area contributed by atoms with E-state index in [1.54, 1.807) is 0 Å². The molecule has 1 saturated carbocycles. The summed E-state index contributed by atoms with van der Waals surface area (Å²) >= 11 is 0. The molecule has 0 bridgehead atoms. The maximum absolute atomic E-state index is 12.8. The molecule has 0 heterocycles. The second-order valence-electron chi connectivity index (χ2n) is 3.08. The van der Waals surface area contributed by atoms with Crippen molar-refractivity contribution in [3.63, 3.8) is 0 Å². The Balaban J connectivity index is 3.00. The van der Waals surface area contributed by atoms with E-state index < -0.39 is 20.5 Å². The minimum atomic E-state index is -4.21. The van der Waals surface area contributed by atoms with Gasteiger partial charge in [-0.1, -0.05) is 0 Å². The van der Waals surface area contributed by atoms with Crippen LogP contribution in [0, 0.1) is 0 Å². The summed E-state index contributed by atoms with van der Waals surface area (Å²) in [5, 5.41) is 0. The Hall–Kier alpha value is -0.160. The van der Waals surface area contributed by atoms with Gasteiger partial charge in [-0.25, -0.2) is 4.39 Å². The Labute approximate surface area is 59.0 Å². The van der Waals surface area contributed by atoms with Crippen LogP contribution in [0.2, 0.25) is 0 Å². The van der Waals surface area contributed by atoms with Gasteiger partial charge in [0.25, 0.3) is 10.1 Å². The molecule has 0 radical (unpaired) electrons. The minimum absolute atomic E-state index is 0.112. The standard InChI is InChI=1S/C5H9FO3S/c1-4(6)3-5(4,2)10(7,8)9/h3H2,1-2H3,(H,7,8,9). The van der Waals surface area contributed by atoms with Crippen molar-refractivity contribution in [2.75, 3.05) is 0 Å². The fourth-order valence-electron chi connectivity index (χ4n) is 0.949. The van der Waals surface area contributed by atoms with Crippen molar-refractivity contribution in [2.45, 2.75) is 30.7 Å². The molecule has 2 unspecified atom stereocenters. The highest BCUT2D eigenvalue weighted by Crippen LogP contribution is 2.55. The van der Waals surface area contributed by atoms with E-state index in [2.05, 4.69) is 0 Å². The van der Waals surface area contributed by atoms with Gasteiger partial charge in [0.05, 0.1) is 0 Å². The number of alkyl halides is 1. The molecule has 1 aliphatic carbocycles. The molecule has 0 aliphatic heterocycles. The zero-order valence-corrected chi connectivity index (χ0v) is 6.57. The summed E-state index contributed by atoms with van der Waals surface area (Å²) in [5.74, 6) is 0. The molecule has 0 aromatic rings. The first-order valence-corrected chi connectivity index (χ1v) is 4.31. The highest BCUT2D eigenvalue weighted by Gasteiger charge is 2.70. The molecule has 60 valence electrons. The molecule has 5 heteroatoms. The first-order valence-electron chi connectivity index (χ1n) is 2.87. The maximum atomic E-state index is 12.8. The molecule has 0 aromatic carbocycles. The van der Waals surface area contributed by atoms with Gasteiger partial charge in [0.2, 0.25) is 0 Å². The molecule has 0 spiro atoms. The SMILES string of the molecule is CC1(F)CC1(C)S(=O)(=O)O. The number of hydrogen-bond donors (Lipinski definition) is 1. The third kappa shape index (κ3) is 0.769. The third-order valence-electron chi connectivity index (χ3n) is 2.22. The van der Waals surface area contributed by atoms with Crippen LogP contribution in [0.3, 0.4) is 0 Å². The highest BCUT2D eigenvalue weighted by atomic mass is 32.2. The predicted octanol–water partition coefficient (Wildman–Crippen LogP) is 0.765. The van der Waals surface area contributed by atoms with Crippen LogP contribution in [0.5, 0.6) is 0 Å². The van der Waals surface area contributed by atoms with Crippen LogP contribution < -0.4 is 0 Å². The zero-order chi connectivity index (χ0) is 8.21. The van der Waals surface area contributed by atoms with Gasteiger partial charge in [0, 0.05) is 6.42 Å². The average Bonchev–Trinajstić information content (AvgIpc) is 2.05. The number of halogens is 1. The van der Waals surface area contributed by atoms with E-state index in [4.69, 9.17) is 4.55 Å². The molecule has 0 aromatic heterocycles. The normalized spacial score (nSPS) is 47.2. The van der Waals surface area contributed by atoms with E-state index in [1.165, 1.54) is 13.8 Å². The second kappa shape index (κ2) is 1.53. The van der Waals surface area contributed by atoms with Crippen molar-refractivity contribution in [2.24, 2.45) is 0 Å². The van der Waals surface area contributed by atoms with Crippen molar-refractivity contribution in [1.82, 2.24) is 0 Å². The number of hydrogen-bond acceptors (Lipinski definition) is 2. The summed E-state index contributed by atoms with van der Waals surface area (Å²) in [6, 6.07) is 0. The van der Waals surface area contributed by atoms with E-state index in [1.807, 2.05) is 0 Å². The monoisotopic (exact) mass is 168 g/mol. The summed E-state index contributed by atoms with van der Waals surface area (Å²) in [5.41, 5.74) is -1.75. The van der Waals surface area contributed by atoms with E-state index in [-0.39, 0.29) is 6.42 Å². The molecule has 0 amide bonds. The summed E-state index contributed by atoms with van der Waals surface area (Å²) in [6.45, 7) is 2.36. The van der Waals surface area contributed by atoms with Gasteiger partial charge >= 0.3 is 0 Å². The Morgan fingerprint density at radius 1 is 1.50 bits per heavy atom.